The van der Waals surface area contributed by atoms with Crippen molar-refractivity contribution in [2.75, 3.05) is 26.2 Å². The minimum atomic E-state index is -3.56. The first-order chi connectivity index (χ1) is 14.8. The number of sulfonamides is 1. The Hall–Kier alpha value is -1.88. The molecular weight excluding hydrogens is 533 g/mol. The lowest BCUT2D eigenvalue weighted by Crippen LogP contribution is -2.49. The van der Waals surface area contributed by atoms with Gasteiger partial charge in [-0.3, -0.25) is 4.90 Å². The van der Waals surface area contributed by atoms with Gasteiger partial charge in [-0.05, 0) is 82.2 Å². The highest BCUT2D eigenvalue weighted by Gasteiger charge is 2.32. The Labute approximate surface area is 194 Å². The maximum absolute atomic E-state index is 13.5. The van der Waals surface area contributed by atoms with Crippen LogP contribution in [0.1, 0.15) is 17.2 Å². The summed E-state index contributed by atoms with van der Waals surface area (Å²) in [5.74, 6) is -0.648. The molecule has 0 radical (unpaired) electrons. The van der Waals surface area contributed by atoms with Gasteiger partial charge in [-0.25, -0.2) is 17.2 Å². The number of rotatable bonds is 5. The van der Waals surface area contributed by atoms with Crippen LogP contribution < -0.4 is 0 Å². The largest absolute Gasteiger partial charge is 0.290 e. The lowest BCUT2D eigenvalue weighted by Gasteiger charge is -2.39. The molecule has 1 heterocycles. The minimum Gasteiger partial charge on any atom is -0.290 e. The lowest BCUT2D eigenvalue weighted by atomic mass is 9.96. The van der Waals surface area contributed by atoms with Crippen molar-refractivity contribution in [3.05, 3.63) is 99.1 Å². The Morgan fingerprint density at radius 3 is 1.61 bits per heavy atom. The zero-order valence-electron chi connectivity index (χ0n) is 16.6. The van der Waals surface area contributed by atoms with Gasteiger partial charge < -0.3 is 0 Å². The molecule has 31 heavy (non-hydrogen) atoms. The summed E-state index contributed by atoms with van der Waals surface area (Å²) in [6.07, 6.45) is 0. The quantitative estimate of drug-likeness (QED) is 0.431. The van der Waals surface area contributed by atoms with Crippen LogP contribution >= 0.6 is 22.6 Å². The van der Waals surface area contributed by atoms with Crippen molar-refractivity contribution in [3.63, 3.8) is 0 Å². The van der Waals surface area contributed by atoms with Gasteiger partial charge in [0.15, 0.2) is 0 Å². The Bertz CT molecular complexity index is 1080. The fraction of sp³-hybridized carbons (Fsp3) is 0.217. The van der Waals surface area contributed by atoms with E-state index in [1.807, 2.05) is 0 Å². The first-order valence-electron chi connectivity index (χ1n) is 9.85. The molecule has 1 fully saturated rings. The van der Waals surface area contributed by atoms with Crippen molar-refractivity contribution in [1.82, 2.24) is 9.21 Å². The highest BCUT2D eigenvalue weighted by molar-refractivity contribution is 14.1. The van der Waals surface area contributed by atoms with E-state index in [1.165, 1.54) is 28.6 Å². The predicted octanol–water partition coefficient (Wildman–Crippen LogP) is 4.67. The van der Waals surface area contributed by atoms with Crippen LogP contribution in [-0.2, 0) is 10.0 Å². The van der Waals surface area contributed by atoms with Crippen molar-refractivity contribution < 1.29 is 17.2 Å². The zero-order valence-corrected chi connectivity index (χ0v) is 19.6. The lowest BCUT2D eigenvalue weighted by molar-refractivity contribution is 0.155. The molecule has 1 saturated heterocycles. The SMILES string of the molecule is O=S(=O)(c1ccc(I)cc1)N1CCN(C(c2ccc(F)cc2)c2ccc(F)cc2)CC1. The first-order valence-corrected chi connectivity index (χ1v) is 12.4. The third-order valence-corrected chi connectivity index (χ3v) is 8.09. The van der Waals surface area contributed by atoms with Gasteiger partial charge in [-0.1, -0.05) is 24.3 Å². The molecule has 4 nitrogen and oxygen atoms in total. The molecule has 0 bridgehead atoms. The maximum atomic E-state index is 13.5. The molecule has 0 spiro atoms. The molecule has 1 aliphatic rings. The van der Waals surface area contributed by atoms with Gasteiger partial charge in [0.05, 0.1) is 10.9 Å². The van der Waals surface area contributed by atoms with E-state index in [0.717, 1.165) is 14.7 Å². The van der Waals surface area contributed by atoms with E-state index >= 15 is 0 Å². The van der Waals surface area contributed by atoms with Gasteiger partial charge in [-0.15, -0.1) is 0 Å². The number of piperazine rings is 1. The average molecular weight is 554 g/mol. The molecule has 0 saturated carbocycles. The zero-order chi connectivity index (χ0) is 22.0. The van der Waals surface area contributed by atoms with E-state index < -0.39 is 10.0 Å². The summed E-state index contributed by atoms with van der Waals surface area (Å²) in [4.78, 5) is 2.44. The van der Waals surface area contributed by atoms with E-state index in [4.69, 9.17) is 0 Å². The second-order valence-electron chi connectivity index (χ2n) is 7.40. The van der Waals surface area contributed by atoms with E-state index in [0.29, 0.717) is 26.2 Å². The molecule has 3 aromatic rings. The topological polar surface area (TPSA) is 40.6 Å². The van der Waals surface area contributed by atoms with Gasteiger partial charge in [0.25, 0.3) is 0 Å². The van der Waals surface area contributed by atoms with Crippen LogP contribution in [0, 0.1) is 15.2 Å². The van der Waals surface area contributed by atoms with Gasteiger partial charge in [-0.2, -0.15) is 4.31 Å². The molecular formula is C23H21F2IN2O2S. The van der Waals surface area contributed by atoms with Crippen LogP contribution in [0.4, 0.5) is 8.78 Å². The Kier molecular flexibility index (Phi) is 6.71. The summed E-state index contributed by atoms with van der Waals surface area (Å²) >= 11 is 2.14. The molecule has 162 valence electrons. The van der Waals surface area contributed by atoms with Crippen LogP contribution in [0.25, 0.3) is 0 Å². The average Bonchev–Trinajstić information content (AvgIpc) is 2.77. The van der Waals surface area contributed by atoms with Crippen LogP contribution in [0.3, 0.4) is 0 Å². The highest BCUT2D eigenvalue weighted by Crippen LogP contribution is 2.31. The number of hydrogen-bond acceptors (Lipinski definition) is 3. The summed E-state index contributed by atoms with van der Waals surface area (Å²) in [7, 11) is -3.56. The van der Waals surface area contributed by atoms with Crippen LogP contribution in [-0.4, -0.2) is 43.8 Å². The molecule has 0 aromatic heterocycles. The smallest absolute Gasteiger partial charge is 0.243 e. The van der Waals surface area contributed by atoms with Gasteiger partial charge in [0.2, 0.25) is 10.0 Å². The third kappa shape index (κ3) is 4.97. The molecule has 0 amide bonds. The second kappa shape index (κ2) is 9.32. The third-order valence-electron chi connectivity index (χ3n) is 5.46. The summed E-state index contributed by atoms with van der Waals surface area (Å²) in [5, 5.41) is 0. The monoisotopic (exact) mass is 554 g/mol. The fourth-order valence-electron chi connectivity index (χ4n) is 3.86. The summed E-state index contributed by atoms with van der Waals surface area (Å²) in [6.45, 7) is 1.69. The molecule has 0 aliphatic carbocycles. The molecule has 8 heteroatoms. The minimum absolute atomic E-state index is 0.218. The molecule has 4 rings (SSSR count). The normalized spacial score (nSPS) is 16.0. The Morgan fingerprint density at radius 1 is 0.710 bits per heavy atom. The van der Waals surface area contributed by atoms with Crippen molar-refractivity contribution in [2.45, 2.75) is 10.9 Å². The predicted molar refractivity (Wildman–Crippen MR) is 124 cm³/mol. The van der Waals surface area contributed by atoms with Crippen molar-refractivity contribution in [2.24, 2.45) is 0 Å². The number of benzene rings is 3. The van der Waals surface area contributed by atoms with Crippen LogP contribution in [0.5, 0.6) is 0 Å². The summed E-state index contributed by atoms with van der Waals surface area (Å²) in [6, 6.07) is 19.1. The first kappa shape index (κ1) is 22.3. The van der Waals surface area contributed by atoms with Crippen molar-refractivity contribution in [1.29, 1.82) is 0 Å². The summed E-state index contributed by atoms with van der Waals surface area (Å²) in [5.41, 5.74) is 1.75. The van der Waals surface area contributed by atoms with Crippen molar-refractivity contribution in [3.8, 4) is 0 Å². The second-order valence-corrected chi connectivity index (χ2v) is 10.6. The maximum Gasteiger partial charge on any atom is 0.243 e. The number of halogens is 3. The highest BCUT2D eigenvalue weighted by atomic mass is 127. The standard InChI is InChI=1S/C23H21F2IN2O2S/c24-19-5-1-17(2-6-19)23(18-3-7-20(25)8-4-18)27-13-15-28(16-14-27)31(29,30)22-11-9-21(26)10-12-22/h1-12,23H,13-16H2. The van der Waals surface area contributed by atoms with Crippen LogP contribution in [0.2, 0.25) is 0 Å². The fourth-order valence-corrected chi connectivity index (χ4v) is 5.64. The summed E-state index contributed by atoms with van der Waals surface area (Å²) < 4.78 is 55.5. The molecule has 3 aromatic carbocycles. The van der Waals surface area contributed by atoms with E-state index in [-0.39, 0.29) is 22.6 Å². The number of hydrogen-bond donors (Lipinski definition) is 0. The molecule has 1 aliphatic heterocycles. The van der Waals surface area contributed by atoms with E-state index in [1.54, 1.807) is 48.5 Å². The van der Waals surface area contributed by atoms with Gasteiger partial charge in [0.1, 0.15) is 11.6 Å². The number of nitrogens with zero attached hydrogens (tertiary/aromatic N) is 2. The van der Waals surface area contributed by atoms with Gasteiger partial charge in [0, 0.05) is 29.7 Å². The Balaban J connectivity index is 1.57. The van der Waals surface area contributed by atoms with Crippen molar-refractivity contribution >= 4 is 32.6 Å². The Morgan fingerprint density at radius 2 is 1.16 bits per heavy atom. The molecule has 0 atom stereocenters. The van der Waals surface area contributed by atoms with Gasteiger partial charge >= 0.3 is 0 Å². The molecule has 0 unspecified atom stereocenters. The van der Waals surface area contributed by atoms with Crippen LogP contribution in [0.15, 0.2) is 77.7 Å². The molecule has 0 N–H and O–H groups in total. The van der Waals surface area contributed by atoms with E-state index in [2.05, 4.69) is 27.5 Å². The van der Waals surface area contributed by atoms with E-state index in [9.17, 15) is 17.2 Å².